The van der Waals surface area contributed by atoms with Crippen molar-refractivity contribution in [3.8, 4) is 5.75 Å². The molecule has 1 aliphatic carbocycles. The number of nitrogens with one attached hydrogen (secondary N) is 1. The van der Waals surface area contributed by atoms with Crippen LogP contribution in [0.15, 0.2) is 18.2 Å². The average Bonchev–Trinajstić information content (AvgIpc) is 2.23. The van der Waals surface area contributed by atoms with E-state index in [2.05, 4.69) is 58.1 Å². The third-order valence-corrected chi connectivity index (χ3v) is 4.05. The maximum Gasteiger partial charge on any atom is 0.120 e. The Morgan fingerprint density at radius 1 is 1.16 bits per heavy atom. The molecule has 1 N–H and O–H groups in total. The number of rotatable bonds is 5. The van der Waals surface area contributed by atoms with Gasteiger partial charge < -0.3 is 10.1 Å². The molecule has 1 aromatic rings. The van der Waals surface area contributed by atoms with E-state index in [1.807, 2.05) is 0 Å². The molecule has 0 aliphatic heterocycles. The van der Waals surface area contributed by atoms with Crippen LogP contribution in [0.5, 0.6) is 5.75 Å². The largest absolute Gasteiger partial charge is 0.491 e. The van der Waals surface area contributed by atoms with E-state index in [0.29, 0.717) is 6.04 Å². The molecule has 0 unspecified atom stereocenters. The van der Waals surface area contributed by atoms with Crippen LogP contribution >= 0.6 is 0 Å². The predicted molar refractivity (Wildman–Crippen MR) is 81.9 cm³/mol. The minimum absolute atomic E-state index is 0.233. The molecule has 19 heavy (non-hydrogen) atoms. The van der Waals surface area contributed by atoms with E-state index >= 15 is 0 Å². The van der Waals surface area contributed by atoms with E-state index < -0.39 is 0 Å². The molecular formula is C17H27NO. The van der Waals surface area contributed by atoms with Crippen LogP contribution in [-0.4, -0.2) is 12.1 Å². The van der Waals surface area contributed by atoms with Gasteiger partial charge in [-0.3, -0.25) is 0 Å². The van der Waals surface area contributed by atoms with E-state index in [0.717, 1.165) is 17.6 Å². The zero-order valence-corrected chi connectivity index (χ0v) is 12.9. The van der Waals surface area contributed by atoms with Crippen molar-refractivity contribution in [3.63, 3.8) is 0 Å². The Hall–Kier alpha value is -1.18. The zero-order valence-electron chi connectivity index (χ0n) is 12.9. The first-order valence-electron chi connectivity index (χ1n) is 7.49. The standard InChI is InChI=1S/C17H27NO/c1-11(2)14-9-15(10-14)18-17-7-6-16(8-13(17)5)19-12(3)4/h6-8,11-12,14-15,18H,9-10H2,1-5H3. The van der Waals surface area contributed by atoms with Gasteiger partial charge in [-0.25, -0.2) is 0 Å². The summed E-state index contributed by atoms with van der Waals surface area (Å²) >= 11 is 0. The van der Waals surface area contributed by atoms with Gasteiger partial charge in [0.15, 0.2) is 0 Å². The van der Waals surface area contributed by atoms with Gasteiger partial charge in [-0.15, -0.1) is 0 Å². The fourth-order valence-corrected chi connectivity index (χ4v) is 2.69. The Morgan fingerprint density at radius 2 is 1.84 bits per heavy atom. The molecule has 0 heterocycles. The topological polar surface area (TPSA) is 21.3 Å². The summed E-state index contributed by atoms with van der Waals surface area (Å²) in [6.07, 6.45) is 2.85. The Labute approximate surface area is 117 Å². The Balaban J connectivity index is 1.91. The van der Waals surface area contributed by atoms with Gasteiger partial charge in [0.05, 0.1) is 6.10 Å². The quantitative estimate of drug-likeness (QED) is 0.834. The van der Waals surface area contributed by atoms with Crippen LogP contribution in [-0.2, 0) is 0 Å². The first kappa shape index (κ1) is 14.2. The number of anilines is 1. The summed E-state index contributed by atoms with van der Waals surface area (Å²) in [6, 6.07) is 6.99. The molecule has 0 bridgehead atoms. The van der Waals surface area contributed by atoms with Crippen molar-refractivity contribution in [2.24, 2.45) is 11.8 Å². The van der Waals surface area contributed by atoms with Crippen molar-refractivity contribution in [2.45, 2.75) is 59.6 Å². The highest BCUT2D eigenvalue weighted by molar-refractivity contribution is 5.54. The Bertz CT molecular complexity index is 419. The van der Waals surface area contributed by atoms with Gasteiger partial charge in [0.1, 0.15) is 5.75 Å². The molecule has 0 amide bonds. The maximum absolute atomic E-state index is 5.72. The van der Waals surface area contributed by atoms with Crippen LogP contribution in [0, 0.1) is 18.8 Å². The molecule has 0 saturated heterocycles. The highest BCUT2D eigenvalue weighted by atomic mass is 16.5. The van der Waals surface area contributed by atoms with Gasteiger partial charge in [-0.05, 0) is 69.2 Å². The van der Waals surface area contributed by atoms with Crippen molar-refractivity contribution in [3.05, 3.63) is 23.8 Å². The first-order valence-corrected chi connectivity index (χ1v) is 7.49. The highest BCUT2D eigenvalue weighted by Crippen LogP contribution is 2.36. The molecule has 106 valence electrons. The number of hydrogen-bond acceptors (Lipinski definition) is 2. The molecule has 1 aliphatic rings. The lowest BCUT2D eigenvalue weighted by Gasteiger charge is -2.39. The van der Waals surface area contributed by atoms with Gasteiger partial charge >= 0.3 is 0 Å². The average molecular weight is 261 g/mol. The minimum Gasteiger partial charge on any atom is -0.491 e. The molecular weight excluding hydrogens is 234 g/mol. The number of benzene rings is 1. The zero-order chi connectivity index (χ0) is 14.0. The molecule has 0 radical (unpaired) electrons. The number of aryl methyl sites for hydroxylation is 1. The summed E-state index contributed by atoms with van der Waals surface area (Å²) in [5, 5.41) is 3.66. The molecule has 1 aromatic carbocycles. The van der Waals surface area contributed by atoms with E-state index in [1.165, 1.54) is 24.1 Å². The van der Waals surface area contributed by atoms with Crippen LogP contribution in [0.3, 0.4) is 0 Å². The third-order valence-electron chi connectivity index (χ3n) is 4.05. The fourth-order valence-electron chi connectivity index (χ4n) is 2.69. The smallest absolute Gasteiger partial charge is 0.120 e. The SMILES string of the molecule is Cc1cc(OC(C)C)ccc1NC1CC(C(C)C)C1. The van der Waals surface area contributed by atoms with Crippen molar-refractivity contribution >= 4 is 5.69 Å². The van der Waals surface area contributed by atoms with E-state index in [-0.39, 0.29) is 6.10 Å². The minimum atomic E-state index is 0.233. The van der Waals surface area contributed by atoms with Gasteiger partial charge in [0.2, 0.25) is 0 Å². The lowest BCUT2D eigenvalue weighted by Crippen LogP contribution is -2.38. The third kappa shape index (κ3) is 3.65. The van der Waals surface area contributed by atoms with Crippen molar-refractivity contribution in [1.82, 2.24) is 0 Å². The molecule has 0 aromatic heterocycles. The second-order valence-electron chi connectivity index (χ2n) is 6.46. The molecule has 1 saturated carbocycles. The monoisotopic (exact) mass is 261 g/mol. The van der Waals surface area contributed by atoms with E-state index in [4.69, 9.17) is 4.74 Å². The van der Waals surface area contributed by atoms with Crippen LogP contribution in [0.1, 0.15) is 46.1 Å². The summed E-state index contributed by atoms with van der Waals surface area (Å²) in [6.45, 7) is 10.9. The lowest BCUT2D eigenvalue weighted by atomic mass is 9.73. The van der Waals surface area contributed by atoms with Gasteiger partial charge in [0, 0.05) is 11.7 Å². The summed E-state index contributed by atoms with van der Waals surface area (Å²) in [7, 11) is 0. The first-order chi connectivity index (χ1) is 8.95. The van der Waals surface area contributed by atoms with E-state index in [9.17, 15) is 0 Å². The summed E-state index contributed by atoms with van der Waals surface area (Å²) < 4.78 is 5.72. The second kappa shape index (κ2) is 5.85. The summed E-state index contributed by atoms with van der Waals surface area (Å²) in [4.78, 5) is 0. The Kier molecular flexibility index (Phi) is 4.38. The lowest BCUT2D eigenvalue weighted by molar-refractivity contribution is 0.211. The van der Waals surface area contributed by atoms with Gasteiger partial charge in [0.25, 0.3) is 0 Å². The molecule has 2 nitrogen and oxygen atoms in total. The van der Waals surface area contributed by atoms with Crippen LogP contribution in [0.25, 0.3) is 0 Å². The van der Waals surface area contributed by atoms with Crippen LogP contribution < -0.4 is 10.1 Å². The maximum atomic E-state index is 5.72. The molecule has 2 heteroatoms. The van der Waals surface area contributed by atoms with Crippen LogP contribution in [0.2, 0.25) is 0 Å². The van der Waals surface area contributed by atoms with Crippen molar-refractivity contribution in [2.75, 3.05) is 5.32 Å². The number of ether oxygens (including phenoxy) is 1. The van der Waals surface area contributed by atoms with Gasteiger partial charge in [-0.1, -0.05) is 13.8 Å². The summed E-state index contributed by atoms with van der Waals surface area (Å²) in [5.74, 6) is 2.69. The molecule has 1 fully saturated rings. The van der Waals surface area contributed by atoms with Crippen molar-refractivity contribution < 1.29 is 4.74 Å². The normalized spacial score (nSPS) is 22.5. The summed E-state index contributed by atoms with van der Waals surface area (Å²) in [5.41, 5.74) is 2.52. The molecule has 0 atom stereocenters. The van der Waals surface area contributed by atoms with Crippen molar-refractivity contribution in [1.29, 1.82) is 0 Å². The molecule has 2 rings (SSSR count). The van der Waals surface area contributed by atoms with Crippen LogP contribution in [0.4, 0.5) is 5.69 Å². The molecule has 0 spiro atoms. The Morgan fingerprint density at radius 3 is 2.37 bits per heavy atom. The highest BCUT2D eigenvalue weighted by Gasteiger charge is 2.31. The fraction of sp³-hybridized carbons (Fsp3) is 0.647. The predicted octanol–water partition coefficient (Wildman–Crippen LogP) is 4.63. The number of hydrogen-bond donors (Lipinski definition) is 1. The second-order valence-corrected chi connectivity index (χ2v) is 6.46. The van der Waals surface area contributed by atoms with Gasteiger partial charge in [-0.2, -0.15) is 0 Å². The van der Waals surface area contributed by atoms with E-state index in [1.54, 1.807) is 0 Å².